The van der Waals surface area contributed by atoms with Crippen LogP contribution >= 0.6 is 0 Å². The van der Waals surface area contributed by atoms with Gasteiger partial charge in [0.1, 0.15) is 0 Å². The maximum Gasteiger partial charge on any atom is 4.00 e. The van der Waals surface area contributed by atoms with Crippen LogP contribution in [0.4, 0.5) is 0 Å². The Balaban J connectivity index is 0. The molecule has 0 aromatic heterocycles. The van der Waals surface area contributed by atoms with Crippen molar-refractivity contribution in [2.24, 2.45) is 0 Å². The van der Waals surface area contributed by atoms with Gasteiger partial charge in [0, 0.05) is 9.52 Å². The van der Waals surface area contributed by atoms with Crippen LogP contribution in [0.25, 0.3) is 21.5 Å². The third-order valence-electron chi connectivity index (χ3n) is 4.93. The quantitative estimate of drug-likeness (QED) is 0.162. The molecule has 0 unspecified atom stereocenters. The number of hydrogen-bond acceptors (Lipinski definition) is 0. The van der Waals surface area contributed by atoms with Crippen molar-refractivity contribution in [2.45, 2.75) is 65.5 Å². The Hall–Kier alpha value is 0.220. The van der Waals surface area contributed by atoms with Crippen molar-refractivity contribution < 1.29 is 74.2 Å². The first kappa shape index (κ1) is 34.4. The predicted molar refractivity (Wildman–Crippen MR) is 134 cm³/mol. The molecule has 0 atom stereocenters. The Labute approximate surface area is 252 Å². The van der Waals surface area contributed by atoms with Crippen molar-refractivity contribution in [3.05, 3.63) is 83.9 Å². The van der Waals surface area contributed by atoms with Gasteiger partial charge in [-0.3, -0.25) is 0 Å². The fraction of sp³-hybridized carbons (Fsp3) is 0.357. The van der Waals surface area contributed by atoms with E-state index < -0.39 is 0 Å². The SMILES string of the molecule is CCCc1cc2ccccc2[cH-]1.CCCc1cc2ccccc2[cH-]1.CC[Si]CC.[I-].[I-].[Zr+4]. The predicted octanol–water partition coefficient (Wildman–Crippen LogP) is 2.59. The maximum atomic E-state index is 2.29. The van der Waals surface area contributed by atoms with Crippen molar-refractivity contribution in [2.75, 3.05) is 0 Å². The molecule has 0 heterocycles. The van der Waals surface area contributed by atoms with E-state index in [1.165, 1.54) is 80.0 Å². The monoisotopic (exact) mass is 744 g/mol. The van der Waals surface area contributed by atoms with Gasteiger partial charge in [-0.2, -0.15) is 12.1 Å². The second-order valence-corrected chi connectivity index (χ2v) is 9.36. The number of benzene rings is 2. The zero-order valence-electron chi connectivity index (χ0n) is 19.9. The summed E-state index contributed by atoms with van der Waals surface area (Å²) in [6, 6.07) is 29.0. The minimum absolute atomic E-state index is 0. The van der Waals surface area contributed by atoms with E-state index in [1.807, 2.05) is 0 Å². The molecule has 0 aliphatic heterocycles. The number of hydrogen-bond donors (Lipinski definition) is 0. The van der Waals surface area contributed by atoms with Gasteiger partial charge in [0.2, 0.25) is 0 Å². The van der Waals surface area contributed by atoms with Crippen molar-refractivity contribution in [3.63, 3.8) is 0 Å². The summed E-state index contributed by atoms with van der Waals surface area (Å²) in [7, 11) is 1.20. The molecule has 0 aliphatic rings. The molecule has 4 aromatic rings. The van der Waals surface area contributed by atoms with E-state index in [1.54, 1.807) is 0 Å². The van der Waals surface area contributed by atoms with E-state index in [2.05, 4.69) is 100 Å². The molecule has 4 heteroatoms. The minimum atomic E-state index is 0. The molecule has 0 aliphatic carbocycles. The fourth-order valence-corrected chi connectivity index (χ4v) is 4.05. The largest absolute Gasteiger partial charge is 4.00 e. The van der Waals surface area contributed by atoms with Crippen molar-refractivity contribution in [1.82, 2.24) is 0 Å². The molecule has 32 heavy (non-hydrogen) atoms. The topological polar surface area (TPSA) is 0 Å². The molecule has 0 saturated carbocycles. The average Bonchev–Trinajstić information content (AvgIpc) is 3.33. The van der Waals surface area contributed by atoms with Crippen molar-refractivity contribution in [1.29, 1.82) is 0 Å². The summed E-state index contributed by atoms with van der Waals surface area (Å²) in [6.45, 7) is 8.89. The fourth-order valence-electron chi connectivity index (χ4n) is 3.55. The maximum absolute atomic E-state index is 2.29. The molecule has 170 valence electrons. The van der Waals surface area contributed by atoms with E-state index in [4.69, 9.17) is 0 Å². The van der Waals surface area contributed by atoms with Crippen LogP contribution in [-0.2, 0) is 39.0 Å². The minimum Gasteiger partial charge on any atom is -1.00 e. The first-order chi connectivity index (χ1) is 14.2. The second-order valence-electron chi connectivity index (χ2n) is 7.44. The molecule has 2 radical (unpaired) electrons. The Morgan fingerprint density at radius 1 is 0.625 bits per heavy atom. The van der Waals surface area contributed by atoms with Crippen LogP contribution in [0.1, 0.15) is 51.7 Å². The third-order valence-corrected chi connectivity index (χ3v) is 5.93. The summed E-state index contributed by atoms with van der Waals surface area (Å²) in [4.78, 5) is 0. The van der Waals surface area contributed by atoms with Crippen LogP contribution in [-0.4, -0.2) is 9.52 Å². The number of halogens is 2. The average molecular weight is 746 g/mol. The zero-order valence-corrected chi connectivity index (χ0v) is 27.7. The van der Waals surface area contributed by atoms with E-state index >= 15 is 0 Å². The van der Waals surface area contributed by atoms with Gasteiger partial charge in [0.05, 0.1) is 0 Å². The second kappa shape index (κ2) is 20.6. The molecule has 0 bridgehead atoms. The van der Waals surface area contributed by atoms with Gasteiger partial charge in [-0.05, 0) is 12.8 Å². The van der Waals surface area contributed by atoms with Gasteiger partial charge in [-0.15, -0.1) is 81.2 Å². The molecule has 0 amide bonds. The van der Waals surface area contributed by atoms with Crippen LogP contribution < -0.4 is 48.0 Å². The molecular formula is C28H36I2SiZr. The summed E-state index contributed by atoms with van der Waals surface area (Å²) in [6.07, 6.45) is 4.87. The Morgan fingerprint density at radius 3 is 1.28 bits per heavy atom. The third kappa shape index (κ3) is 12.1. The van der Waals surface area contributed by atoms with Crippen molar-refractivity contribution in [3.8, 4) is 0 Å². The molecule has 0 nitrogen and oxygen atoms in total. The van der Waals surface area contributed by atoms with E-state index in [-0.39, 0.29) is 74.2 Å². The van der Waals surface area contributed by atoms with Gasteiger partial charge in [0.25, 0.3) is 0 Å². The number of rotatable bonds is 6. The van der Waals surface area contributed by atoms with E-state index in [9.17, 15) is 0 Å². The van der Waals surface area contributed by atoms with Crippen LogP contribution in [0.3, 0.4) is 0 Å². The first-order valence-electron chi connectivity index (χ1n) is 11.2. The zero-order chi connectivity index (χ0) is 20.9. The number of aryl methyl sites for hydroxylation is 2. The summed E-state index contributed by atoms with van der Waals surface area (Å²) >= 11 is 0. The standard InChI is InChI=1S/2C12H13.C4H10Si.2HI.Zr/c2*1-2-5-10-8-11-6-3-4-7-12(11)9-10;1-3-5-4-2;;;/h2*3-4,6-9H,2,5H2,1H3;3-4H2,1-2H3;2*1H;/q2*-1;;;;+4/p-2. The molecule has 4 aromatic carbocycles. The van der Waals surface area contributed by atoms with Crippen LogP contribution in [0.15, 0.2) is 72.8 Å². The summed E-state index contributed by atoms with van der Waals surface area (Å²) < 4.78 is 0. The molecule has 0 N–H and O–H groups in total. The van der Waals surface area contributed by atoms with E-state index in [0.29, 0.717) is 0 Å². The molecular weight excluding hydrogens is 709 g/mol. The van der Waals surface area contributed by atoms with Crippen LogP contribution in [0, 0.1) is 0 Å². The van der Waals surface area contributed by atoms with Gasteiger partial charge < -0.3 is 48.0 Å². The van der Waals surface area contributed by atoms with Gasteiger partial charge in [-0.1, -0.05) is 64.8 Å². The Kier molecular flexibility index (Phi) is 22.1. The Bertz CT molecular complexity index is 814. The molecule has 0 saturated heterocycles. The van der Waals surface area contributed by atoms with Crippen molar-refractivity contribution >= 4 is 31.1 Å². The molecule has 4 rings (SSSR count). The molecule has 0 fully saturated rings. The van der Waals surface area contributed by atoms with Gasteiger partial charge in [-0.25, -0.2) is 0 Å². The van der Waals surface area contributed by atoms with Crippen LogP contribution in [0.2, 0.25) is 12.1 Å². The molecule has 0 spiro atoms. The van der Waals surface area contributed by atoms with Gasteiger partial charge >= 0.3 is 26.2 Å². The normalized spacial score (nSPS) is 9.38. The Morgan fingerprint density at radius 2 is 1.00 bits per heavy atom. The van der Waals surface area contributed by atoms with E-state index in [0.717, 1.165) is 0 Å². The first-order valence-corrected chi connectivity index (χ1v) is 12.6. The smallest absolute Gasteiger partial charge is 1.00 e. The number of fused-ring (bicyclic) bond motifs is 2. The van der Waals surface area contributed by atoms with Crippen LogP contribution in [0.5, 0.6) is 0 Å². The summed E-state index contributed by atoms with van der Waals surface area (Å²) in [5.74, 6) is 0. The van der Waals surface area contributed by atoms with Gasteiger partial charge in [0.15, 0.2) is 0 Å². The summed E-state index contributed by atoms with van der Waals surface area (Å²) in [5, 5.41) is 5.50. The summed E-state index contributed by atoms with van der Waals surface area (Å²) in [5.41, 5.74) is 2.94.